The second kappa shape index (κ2) is 17.0. The molecule has 1 N–H and O–H groups in total. The van der Waals surface area contributed by atoms with Crippen LogP contribution in [0, 0.1) is 0 Å². The van der Waals surface area contributed by atoms with Crippen molar-refractivity contribution in [3.8, 4) is 0 Å². The molecule has 0 bridgehead atoms. The van der Waals surface area contributed by atoms with Crippen molar-refractivity contribution in [3.63, 3.8) is 0 Å². The average molecular weight is 378 g/mol. The van der Waals surface area contributed by atoms with Gasteiger partial charge in [0.15, 0.2) is 0 Å². The van der Waals surface area contributed by atoms with Crippen LogP contribution in [-0.4, -0.2) is 37.5 Å². The van der Waals surface area contributed by atoms with Gasteiger partial charge in [-0.05, 0) is 29.5 Å². The van der Waals surface area contributed by atoms with E-state index in [4.69, 9.17) is 0 Å². The van der Waals surface area contributed by atoms with Gasteiger partial charge >= 0.3 is 5.97 Å². The van der Waals surface area contributed by atoms with Crippen LogP contribution in [0.2, 0.25) is 0 Å². The first-order valence-corrected chi connectivity index (χ1v) is 8.85. The number of rotatable bonds is 7. The number of nitrogens with one attached hydrogen (secondary N) is 1. The van der Waals surface area contributed by atoms with Gasteiger partial charge in [-0.2, -0.15) is 11.8 Å². The first kappa shape index (κ1) is 22.3. The van der Waals surface area contributed by atoms with E-state index in [1.165, 1.54) is 12.9 Å². The van der Waals surface area contributed by atoms with Gasteiger partial charge in [-0.25, -0.2) is 0 Å². The molecule has 0 atom stereocenters. The fraction of sp³-hybridized carbons (Fsp3) is 0.467. The minimum Gasteiger partial charge on any atom is -0.468 e. The van der Waals surface area contributed by atoms with E-state index in [0.717, 1.165) is 6.42 Å². The van der Waals surface area contributed by atoms with Crippen LogP contribution >= 0.6 is 27.7 Å². The molecule has 0 aliphatic heterocycles. The van der Waals surface area contributed by atoms with E-state index in [9.17, 15) is 9.59 Å². The van der Waals surface area contributed by atoms with E-state index >= 15 is 0 Å². The second-order valence-corrected chi connectivity index (χ2v) is 5.27. The number of allylic oxidation sites excluding steroid dienone is 3. The smallest absolute Gasteiger partial charge is 0.325 e. The average Bonchev–Trinajstić information content (AvgIpc) is 2.52. The molecular weight excluding hydrogens is 354 g/mol. The number of carbonyl (C=O) groups is 2. The summed E-state index contributed by atoms with van der Waals surface area (Å²) in [6, 6.07) is 0. The monoisotopic (exact) mass is 377 g/mol. The summed E-state index contributed by atoms with van der Waals surface area (Å²) in [5.74, 6) is 0.443. The van der Waals surface area contributed by atoms with Gasteiger partial charge in [0, 0.05) is 5.57 Å². The Bertz CT molecular complexity index is 377. The summed E-state index contributed by atoms with van der Waals surface area (Å²) in [6.07, 6.45) is 9.84. The highest BCUT2D eigenvalue weighted by Gasteiger charge is 2.07. The minimum absolute atomic E-state index is 0.134. The molecule has 0 heterocycles. The third-order valence-corrected chi connectivity index (χ3v) is 2.94. The third kappa shape index (κ3) is 15.2. The summed E-state index contributed by atoms with van der Waals surface area (Å²) in [5, 5.41) is 2.47. The summed E-state index contributed by atoms with van der Waals surface area (Å²) in [4.78, 5) is 24.2. The number of hydrogen-bond acceptors (Lipinski definition) is 4. The van der Waals surface area contributed by atoms with Gasteiger partial charge in [0.25, 0.3) is 5.91 Å². The zero-order chi connectivity index (χ0) is 16.5. The van der Waals surface area contributed by atoms with Gasteiger partial charge in [0.2, 0.25) is 0 Å². The van der Waals surface area contributed by atoms with Crippen LogP contribution in [-0.2, 0) is 14.3 Å². The molecule has 0 spiro atoms. The summed E-state index contributed by atoms with van der Waals surface area (Å²) < 4.78 is 4.43. The van der Waals surface area contributed by atoms with Gasteiger partial charge in [0.1, 0.15) is 6.54 Å². The molecule has 0 saturated heterocycles. The maximum absolute atomic E-state index is 11.7. The Morgan fingerprint density at radius 3 is 2.38 bits per heavy atom. The minimum atomic E-state index is -0.479. The zero-order valence-corrected chi connectivity index (χ0v) is 15.4. The van der Waals surface area contributed by atoms with Crippen LogP contribution in [0.25, 0.3) is 0 Å². The van der Waals surface area contributed by atoms with Gasteiger partial charge in [-0.15, -0.1) is 0 Å². The van der Waals surface area contributed by atoms with Crippen molar-refractivity contribution in [2.75, 3.05) is 25.7 Å². The number of ether oxygens (including phenoxy) is 1. The number of amides is 1. The third-order valence-electron chi connectivity index (χ3n) is 2.05. The molecule has 120 valence electrons. The second-order valence-electron chi connectivity index (χ2n) is 3.59. The lowest BCUT2D eigenvalue weighted by molar-refractivity contribution is -0.140. The van der Waals surface area contributed by atoms with E-state index < -0.39 is 5.97 Å². The Hall–Kier alpha value is -1.01. The Labute approximate surface area is 140 Å². The lowest BCUT2D eigenvalue weighted by atomic mass is 10.2. The molecule has 0 aromatic rings. The lowest BCUT2D eigenvalue weighted by Crippen LogP contribution is -2.30. The molecule has 0 radical (unpaired) electrons. The van der Waals surface area contributed by atoms with E-state index in [1.807, 2.05) is 24.8 Å². The predicted molar refractivity (Wildman–Crippen MR) is 94.7 cm³/mol. The topological polar surface area (TPSA) is 55.4 Å². The molecule has 21 heavy (non-hydrogen) atoms. The van der Waals surface area contributed by atoms with Gasteiger partial charge in [-0.3, -0.25) is 9.59 Å². The van der Waals surface area contributed by atoms with Crippen molar-refractivity contribution in [1.29, 1.82) is 0 Å². The first-order valence-electron chi connectivity index (χ1n) is 6.54. The number of thioether (sulfide) groups is 1. The molecule has 0 saturated carbocycles. The Balaban J connectivity index is 0. The summed E-state index contributed by atoms with van der Waals surface area (Å²) in [5.41, 5.74) is 0.478. The van der Waals surface area contributed by atoms with Crippen molar-refractivity contribution < 1.29 is 14.3 Å². The highest BCUT2D eigenvalue weighted by molar-refractivity contribution is 9.11. The molecular formula is C15H24BrNO3S. The van der Waals surface area contributed by atoms with Crippen molar-refractivity contribution in [3.05, 3.63) is 34.9 Å². The van der Waals surface area contributed by atoms with Crippen molar-refractivity contribution in [2.24, 2.45) is 0 Å². The number of carbonyl (C=O) groups excluding carboxylic acids is 2. The van der Waals surface area contributed by atoms with Crippen LogP contribution in [0.1, 0.15) is 20.3 Å². The standard InChI is InChI=1S/C12H16BrNO3.C3H8S/c1-3-4-6-10(7-5-8-13)12(16)14-9-11(15)17-2;1-3-4-2/h4-8H,3,9H2,1-2H3,(H,14,16);3H2,1-2H3/b6-4-,8-5+,10-7+;. The van der Waals surface area contributed by atoms with E-state index in [0.29, 0.717) is 5.57 Å². The summed E-state index contributed by atoms with van der Waals surface area (Å²) in [6.45, 7) is 3.98. The quantitative estimate of drug-likeness (QED) is 0.419. The Kier molecular flexibility index (Phi) is 18.1. The molecule has 0 aromatic carbocycles. The van der Waals surface area contributed by atoms with E-state index in [-0.39, 0.29) is 12.5 Å². The fourth-order valence-electron chi connectivity index (χ4n) is 0.918. The summed E-state index contributed by atoms with van der Waals surface area (Å²) >= 11 is 4.97. The highest BCUT2D eigenvalue weighted by Crippen LogP contribution is 2.00. The highest BCUT2D eigenvalue weighted by atomic mass is 79.9. The number of halogens is 1. The molecule has 0 fully saturated rings. The van der Waals surface area contributed by atoms with E-state index in [2.05, 4.69) is 39.2 Å². The predicted octanol–water partition coefficient (Wildman–Crippen LogP) is 3.45. The lowest BCUT2D eigenvalue weighted by Gasteiger charge is -2.03. The van der Waals surface area contributed by atoms with Crippen LogP contribution in [0.3, 0.4) is 0 Å². The molecule has 0 aliphatic carbocycles. The largest absolute Gasteiger partial charge is 0.468 e. The fourth-order valence-corrected chi connectivity index (χ4v) is 1.07. The Morgan fingerprint density at radius 1 is 1.33 bits per heavy atom. The maximum Gasteiger partial charge on any atom is 0.325 e. The molecule has 1 amide bonds. The van der Waals surface area contributed by atoms with Gasteiger partial charge < -0.3 is 10.1 Å². The molecule has 6 heteroatoms. The van der Waals surface area contributed by atoms with Crippen LogP contribution in [0.5, 0.6) is 0 Å². The molecule has 0 unspecified atom stereocenters. The van der Waals surface area contributed by atoms with E-state index in [1.54, 1.807) is 23.2 Å². The van der Waals surface area contributed by atoms with Crippen LogP contribution in [0.15, 0.2) is 34.9 Å². The van der Waals surface area contributed by atoms with Gasteiger partial charge in [0.05, 0.1) is 7.11 Å². The number of methoxy groups -OCH3 is 1. The van der Waals surface area contributed by atoms with Crippen LogP contribution < -0.4 is 5.32 Å². The molecule has 0 aromatic heterocycles. The maximum atomic E-state index is 11.7. The van der Waals surface area contributed by atoms with Crippen molar-refractivity contribution >= 4 is 39.6 Å². The molecule has 4 nitrogen and oxygen atoms in total. The zero-order valence-electron chi connectivity index (χ0n) is 13.0. The van der Waals surface area contributed by atoms with Crippen molar-refractivity contribution in [2.45, 2.75) is 20.3 Å². The van der Waals surface area contributed by atoms with Gasteiger partial charge in [-0.1, -0.05) is 48.0 Å². The Morgan fingerprint density at radius 2 is 1.95 bits per heavy atom. The number of esters is 1. The summed E-state index contributed by atoms with van der Waals surface area (Å²) in [7, 11) is 1.27. The van der Waals surface area contributed by atoms with Crippen molar-refractivity contribution in [1.82, 2.24) is 5.32 Å². The first-order chi connectivity index (χ1) is 10.1. The number of hydrogen-bond donors (Lipinski definition) is 1. The molecule has 0 aliphatic rings. The van der Waals surface area contributed by atoms with Crippen LogP contribution in [0.4, 0.5) is 0 Å². The normalized spacial score (nSPS) is 11.2. The molecule has 0 rings (SSSR count). The SMILES string of the molecule is CCSC.CC\C=C/C(=C\C=C\Br)C(=O)NCC(=O)OC.